The van der Waals surface area contributed by atoms with E-state index in [1.54, 1.807) is 0 Å². The molecule has 0 saturated heterocycles. The van der Waals surface area contributed by atoms with Gasteiger partial charge >= 0.3 is 12.3 Å². The summed E-state index contributed by atoms with van der Waals surface area (Å²) in [5, 5.41) is 11.0. The summed E-state index contributed by atoms with van der Waals surface area (Å²) >= 11 is 0. The number of benzene rings is 1. The van der Waals surface area contributed by atoms with Crippen LogP contribution in [-0.4, -0.2) is 18.3 Å². The molecule has 0 amide bonds. The van der Waals surface area contributed by atoms with Crippen molar-refractivity contribution in [3.63, 3.8) is 0 Å². The van der Waals surface area contributed by atoms with Crippen LogP contribution in [-0.2, 0) is 4.79 Å². The van der Waals surface area contributed by atoms with Gasteiger partial charge in [-0.25, -0.2) is 0 Å². The lowest BCUT2D eigenvalue weighted by molar-refractivity contribution is -0.274. The second kappa shape index (κ2) is 9.90. The van der Waals surface area contributed by atoms with Crippen molar-refractivity contribution in [3.05, 3.63) is 23.8 Å². The van der Waals surface area contributed by atoms with Crippen molar-refractivity contribution in [2.75, 3.05) is 0 Å². The summed E-state index contributed by atoms with van der Waals surface area (Å²) in [4.78, 5) is 22.8. The van der Waals surface area contributed by atoms with Gasteiger partial charge in [0, 0.05) is 18.1 Å². The molecule has 0 aliphatic heterocycles. The zero-order valence-electron chi connectivity index (χ0n) is 13.9. The second-order valence-electron chi connectivity index (χ2n) is 5.49. The van der Waals surface area contributed by atoms with Crippen LogP contribution in [0.2, 0.25) is 0 Å². The number of carboxylic acid groups (broad SMARTS) is 1. The molecule has 1 aromatic carbocycles. The number of halogens is 3. The number of carbonyl (C=O) groups excluding carboxylic acids is 2. The van der Waals surface area contributed by atoms with Crippen LogP contribution < -0.4 is 14.6 Å². The number of aromatic carboxylic acids is 1. The van der Waals surface area contributed by atoms with E-state index in [2.05, 4.69) is 11.7 Å². The molecule has 0 heterocycles. The Bertz CT molecular complexity index is 584. The van der Waals surface area contributed by atoms with Crippen LogP contribution in [0.3, 0.4) is 0 Å². The number of carbonyl (C=O) groups is 2. The van der Waals surface area contributed by atoms with Gasteiger partial charge in [-0.3, -0.25) is 4.79 Å². The maximum Gasteiger partial charge on any atom is 0.573 e. The molecule has 140 valence electrons. The van der Waals surface area contributed by atoms with Crippen LogP contribution in [0.5, 0.6) is 11.5 Å². The van der Waals surface area contributed by atoms with Crippen molar-refractivity contribution < 1.29 is 37.3 Å². The van der Waals surface area contributed by atoms with Crippen molar-refractivity contribution in [1.29, 1.82) is 0 Å². The fraction of sp³-hybridized carbons (Fsp3) is 0.529. The molecule has 1 aromatic rings. The molecule has 0 fully saturated rings. The highest BCUT2D eigenvalue weighted by Crippen LogP contribution is 2.29. The van der Waals surface area contributed by atoms with Crippen LogP contribution in [0.1, 0.15) is 62.2 Å². The fourth-order valence-electron chi connectivity index (χ4n) is 2.18. The minimum Gasteiger partial charge on any atom is -0.545 e. The number of esters is 1. The van der Waals surface area contributed by atoms with Gasteiger partial charge < -0.3 is 19.4 Å². The van der Waals surface area contributed by atoms with Gasteiger partial charge in [-0.1, -0.05) is 39.0 Å². The summed E-state index contributed by atoms with van der Waals surface area (Å²) in [5.74, 6) is -3.60. The minimum atomic E-state index is -4.94. The van der Waals surface area contributed by atoms with Gasteiger partial charge in [-0.2, -0.15) is 0 Å². The quantitative estimate of drug-likeness (QED) is 0.362. The molecule has 5 nitrogen and oxygen atoms in total. The van der Waals surface area contributed by atoms with Crippen molar-refractivity contribution in [2.24, 2.45) is 0 Å². The number of alkyl halides is 3. The number of carboxylic acids is 1. The molecule has 0 bridgehead atoms. The molecule has 0 N–H and O–H groups in total. The first-order valence-electron chi connectivity index (χ1n) is 8.04. The zero-order chi connectivity index (χ0) is 18.9. The van der Waals surface area contributed by atoms with Crippen LogP contribution in [0, 0.1) is 0 Å². The Kier molecular flexibility index (Phi) is 8.24. The number of ether oxygens (including phenoxy) is 2. The summed E-state index contributed by atoms with van der Waals surface area (Å²) in [7, 11) is 0. The van der Waals surface area contributed by atoms with Crippen LogP contribution in [0.25, 0.3) is 0 Å². The summed E-state index contributed by atoms with van der Waals surface area (Å²) in [6.45, 7) is 2.09. The molecular formula is C17H20F3O5-. The summed E-state index contributed by atoms with van der Waals surface area (Å²) in [5.41, 5.74) is -0.522. The Labute approximate surface area is 143 Å². The van der Waals surface area contributed by atoms with E-state index in [4.69, 9.17) is 4.74 Å². The topological polar surface area (TPSA) is 75.7 Å². The Hall–Kier alpha value is -2.25. The average molecular weight is 361 g/mol. The molecule has 1 rings (SSSR count). The summed E-state index contributed by atoms with van der Waals surface area (Å²) < 4.78 is 45.3. The maximum atomic E-state index is 12.2. The Balaban J connectivity index is 2.66. The highest BCUT2D eigenvalue weighted by Gasteiger charge is 2.31. The highest BCUT2D eigenvalue weighted by atomic mass is 19.4. The molecule has 25 heavy (non-hydrogen) atoms. The van der Waals surface area contributed by atoms with Crippen LogP contribution in [0.15, 0.2) is 18.2 Å². The smallest absolute Gasteiger partial charge is 0.545 e. The molecule has 0 unspecified atom stereocenters. The van der Waals surface area contributed by atoms with Crippen molar-refractivity contribution in [3.8, 4) is 11.5 Å². The lowest BCUT2D eigenvalue weighted by Gasteiger charge is -2.14. The molecular weight excluding hydrogens is 341 g/mol. The number of rotatable bonds is 10. The largest absolute Gasteiger partial charge is 0.573 e. The molecule has 8 heteroatoms. The SMILES string of the molecule is CCCCCCCCC(=O)Oc1cc(OC(F)(F)F)ccc1C(=O)[O-]. The maximum absolute atomic E-state index is 12.2. The summed E-state index contributed by atoms with van der Waals surface area (Å²) in [6, 6.07) is 2.35. The standard InChI is InChI=1S/C17H21F3O5/c1-2-3-4-5-6-7-8-15(21)24-14-11-12(25-17(18,19)20)9-10-13(14)16(22)23/h9-11H,2-8H2,1H3,(H,22,23)/p-1. The molecule has 0 aliphatic rings. The number of hydrogen-bond acceptors (Lipinski definition) is 5. The van der Waals surface area contributed by atoms with Gasteiger partial charge in [0.05, 0.1) is 5.97 Å². The third-order valence-electron chi connectivity index (χ3n) is 3.36. The van der Waals surface area contributed by atoms with Crippen molar-refractivity contribution in [2.45, 2.75) is 58.2 Å². The van der Waals surface area contributed by atoms with Gasteiger partial charge in [0.15, 0.2) is 0 Å². The monoisotopic (exact) mass is 361 g/mol. The first kappa shape index (κ1) is 20.8. The third-order valence-corrected chi connectivity index (χ3v) is 3.36. The highest BCUT2D eigenvalue weighted by molar-refractivity contribution is 5.90. The molecule has 0 saturated carbocycles. The van der Waals surface area contributed by atoms with E-state index in [9.17, 15) is 27.9 Å². The Morgan fingerprint density at radius 1 is 1.08 bits per heavy atom. The lowest BCUT2D eigenvalue weighted by Crippen LogP contribution is -2.24. The van der Waals surface area contributed by atoms with Gasteiger partial charge in [-0.15, -0.1) is 13.2 Å². The van der Waals surface area contributed by atoms with Crippen molar-refractivity contribution in [1.82, 2.24) is 0 Å². The zero-order valence-corrected chi connectivity index (χ0v) is 13.9. The van der Waals surface area contributed by atoms with E-state index < -0.39 is 35.4 Å². The van der Waals surface area contributed by atoms with Crippen molar-refractivity contribution >= 4 is 11.9 Å². The Morgan fingerprint density at radius 3 is 2.32 bits per heavy atom. The molecule has 0 radical (unpaired) electrons. The van der Waals surface area contributed by atoms with Gasteiger partial charge in [0.1, 0.15) is 11.5 Å². The van der Waals surface area contributed by atoms with E-state index >= 15 is 0 Å². The van der Waals surface area contributed by atoms with Crippen LogP contribution in [0.4, 0.5) is 13.2 Å². The van der Waals surface area contributed by atoms with Crippen LogP contribution >= 0.6 is 0 Å². The molecule has 0 atom stereocenters. The van der Waals surface area contributed by atoms with E-state index in [0.29, 0.717) is 12.5 Å². The normalized spacial score (nSPS) is 11.2. The van der Waals surface area contributed by atoms with Gasteiger partial charge in [0.25, 0.3) is 0 Å². The third kappa shape index (κ3) is 8.42. The average Bonchev–Trinajstić information content (AvgIpc) is 2.49. The molecule has 0 aromatic heterocycles. The van der Waals surface area contributed by atoms with Gasteiger partial charge in [-0.05, 0) is 18.6 Å². The molecule has 0 aliphatic carbocycles. The van der Waals surface area contributed by atoms with E-state index in [0.717, 1.165) is 44.2 Å². The first-order valence-corrected chi connectivity index (χ1v) is 8.04. The minimum absolute atomic E-state index is 0.0446. The Morgan fingerprint density at radius 2 is 1.72 bits per heavy atom. The predicted molar refractivity (Wildman–Crippen MR) is 81.1 cm³/mol. The second-order valence-corrected chi connectivity index (χ2v) is 5.49. The summed E-state index contributed by atoms with van der Waals surface area (Å²) in [6.07, 6.45) is 0.737. The fourth-order valence-corrected chi connectivity index (χ4v) is 2.18. The van der Waals surface area contributed by atoms with E-state index in [1.165, 1.54) is 0 Å². The number of unbranched alkanes of at least 4 members (excludes halogenated alkanes) is 5. The molecule has 0 spiro atoms. The number of hydrogen-bond donors (Lipinski definition) is 0. The van der Waals surface area contributed by atoms with Gasteiger partial charge in [0.2, 0.25) is 0 Å². The van der Waals surface area contributed by atoms with E-state index in [1.807, 2.05) is 0 Å². The predicted octanol–water partition coefficient (Wildman–Crippen LogP) is 3.60. The van der Waals surface area contributed by atoms with E-state index in [-0.39, 0.29) is 6.42 Å². The lowest BCUT2D eigenvalue weighted by atomic mass is 10.1. The first-order chi connectivity index (χ1) is 11.7.